The number of aromatic nitrogens is 4. The van der Waals surface area contributed by atoms with Crippen LogP contribution in [0.4, 0.5) is 5.69 Å². The van der Waals surface area contributed by atoms with Gasteiger partial charge in [-0.05, 0) is 34.7 Å². The second kappa shape index (κ2) is 6.77. The Morgan fingerprint density at radius 3 is 2.56 bits per heavy atom. The summed E-state index contributed by atoms with van der Waals surface area (Å²) >= 11 is 0. The largest absolute Gasteiger partial charge is 0.497 e. The van der Waals surface area contributed by atoms with Crippen LogP contribution >= 0.6 is 0 Å². The molecule has 130 valence electrons. The van der Waals surface area contributed by atoms with Crippen molar-refractivity contribution in [2.24, 2.45) is 0 Å². The van der Waals surface area contributed by atoms with Gasteiger partial charge < -0.3 is 9.47 Å². The van der Waals surface area contributed by atoms with Gasteiger partial charge in [-0.25, -0.2) is 8.42 Å². The number of ether oxygens (including phenoxy) is 2. The first-order valence-corrected chi connectivity index (χ1v) is 8.60. The van der Waals surface area contributed by atoms with Gasteiger partial charge in [0.15, 0.2) is 0 Å². The monoisotopic (exact) mass is 361 g/mol. The van der Waals surface area contributed by atoms with Crippen LogP contribution in [0.2, 0.25) is 0 Å². The van der Waals surface area contributed by atoms with E-state index in [1.807, 2.05) is 0 Å². The molecule has 10 heteroatoms. The highest BCUT2D eigenvalue weighted by Crippen LogP contribution is 2.30. The maximum atomic E-state index is 12.9. The average molecular weight is 361 g/mol. The molecular weight excluding hydrogens is 346 g/mol. The predicted octanol–water partition coefficient (Wildman–Crippen LogP) is 1.48. The molecule has 0 fully saturated rings. The molecule has 0 unspecified atom stereocenters. The van der Waals surface area contributed by atoms with Crippen LogP contribution in [0, 0.1) is 0 Å². The molecule has 0 spiro atoms. The lowest BCUT2D eigenvalue weighted by molar-refractivity contribution is 0.392. The van der Waals surface area contributed by atoms with Gasteiger partial charge in [0.25, 0.3) is 10.0 Å². The number of sulfonamides is 1. The summed E-state index contributed by atoms with van der Waals surface area (Å²) in [5.41, 5.74) is 0.803. The molecule has 25 heavy (non-hydrogen) atoms. The Labute approximate surface area is 144 Å². The lowest BCUT2D eigenvalue weighted by Gasteiger charge is -2.14. The normalized spacial score (nSPS) is 11.1. The summed E-state index contributed by atoms with van der Waals surface area (Å²) in [6.07, 6.45) is 1.37. The lowest BCUT2D eigenvalue weighted by Crippen LogP contribution is -2.16. The lowest BCUT2D eigenvalue weighted by atomic mass is 10.3. The quantitative estimate of drug-likeness (QED) is 0.708. The van der Waals surface area contributed by atoms with E-state index in [0.29, 0.717) is 17.1 Å². The Kier molecular flexibility index (Phi) is 4.52. The molecule has 9 nitrogen and oxygen atoms in total. The van der Waals surface area contributed by atoms with Crippen LogP contribution in [-0.4, -0.2) is 42.8 Å². The molecular formula is C15H15N5O4S. The molecule has 1 aromatic heterocycles. The van der Waals surface area contributed by atoms with Gasteiger partial charge in [-0.3, -0.25) is 4.72 Å². The van der Waals surface area contributed by atoms with E-state index < -0.39 is 10.0 Å². The van der Waals surface area contributed by atoms with Gasteiger partial charge in [-0.15, -0.1) is 5.10 Å². The summed E-state index contributed by atoms with van der Waals surface area (Å²) in [5.74, 6) is 0.600. The highest BCUT2D eigenvalue weighted by Gasteiger charge is 2.22. The molecule has 0 amide bonds. The molecule has 0 bridgehead atoms. The van der Waals surface area contributed by atoms with Crippen LogP contribution < -0.4 is 14.2 Å². The van der Waals surface area contributed by atoms with E-state index in [1.54, 1.807) is 30.3 Å². The van der Waals surface area contributed by atoms with Crippen molar-refractivity contribution >= 4 is 15.7 Å². The third-order valence-corrected chi connectivity index (χ3v) is 4.79. The standard InChI is InChI=1S/C15H15N5O4S/c1-23-11-7-8-14(24-2)15(9-11)25(21,22)17-12-5-3-4-6-13(12)20-10-16-18-19-20/h3-10,17H,1-2H3. The number of nitrogens with zero attached hydrogens (tertiary/aromatic N) is 4. The summed E-state index contributed by atoms with van der Waals surface area (Å²) in [7, 11) is -1.08. The fourth-order valence-corrected chi connectivity index (χ4v) is 3.48. The van der Waals surface area contributed by atoms with Crippen molar-refractivity contribution in [1.82, 2.24) is 20.2 Å². The van der Waals surface area contributed by atoms with Crippen LogP contribution in [0.1, 0.15) is 0 Å². The fraction of sp³-hybridized carbons (Fsp3) is 0.133. The number of tetrazole rings is 1. The second-order valence-electron chi connectivity index (χ2n) is 4.89. The zero-order valence-corrected chi connectivity index (χ0v) is 14.3. The number of anilines is 1. The molecule has 1 N–H and O–H groups in total. The van der Waals surface area contributed by atoms with Crippen molar-refractivity contribution in [1.29, 1.82) is 0 Å². The van der Waals surface area contributed by atoms with E-state index in [0.717, 1.165) is 0 Å². The summed E-state index contributed by atoms with van der Waals surface area (Å²) in [6.45, 7) is 0. The smallest absolute Gasteiger partial charge is 0.265 e. The van der Waals surface area contributed by atoms with Gasteiger partial charge in [0.2, 0.25) is 0 Å². The Hall–Kier alpha value is -3.14. The molecule has 0 atom stereocenters. The minimum Gasteiger partial charge on any atom is -0.497 e. The maximum Gasteiger partial charge on any atom is 0.265 e. The van der Waals surface area contributed by atoms with Crippen molar-refractivity contribution in [3.63, 3.8) is 0 Å². The maximum absolute atomic E-state index is 12.9. The average Bonchev–Trinajstić information content (AvgIpc) is 3.15. The van der Waals surface area contributed by atoms with Crippen molar-refractivity contribution in [3.05, 3.63) is 48.8 Å². The predicted molar refractivity (Wildman–Crippen MR) is 89.5 cm³/mol. The number of rotatable bonds is 6. The molecule has 0 saturated heterocycles. The SMILES string of the molecule is COc1ccc(OC)c(S(=O)(=O)Nc2ccccc2-n2cnnn2)c1. The molecule has 1 heterocycles. The third-order valence-electron chi connectivity index (χ3n) is 3.40. The molecule has 0 aliphatic carbocycles. The molecule has 3 rings (SSSR count). The minimum absolute atomic E-state index is 0.0409. The van der Waals surface area contributed by atoms with E-state index in [2.05, 4.69) is 20.2 Å². The molecule has 0 radical (unpaired) electrons. The van der Waals surface area contributed by atoms with E-state index in [-0.39, 0.29) is 10.6 Å². The summed E-state index contributed by atoms with van der Waals surface area (Å²) in [6, 6.07) is 11.3. The number of methoxy groups -OCH3 is 2. The van der Waals surface area contributed by atoms with Crippen molar-refractivity contribution in [2.45, 2.75) is 4.90 Å². The Bertz CT molecular complexity index is 973. The van der Waals surface area contributed by atoms with Crippen molar-refractivity contribution in [2.75, 3.05) is 18.9 Å². The van der Waals surface area contributed by atoms with Gasteiger partial charge >= 0.3 is 0 Å². The van der Waals surface area contributed by atoms with Crippen LogP contribution in [-0.2, 0) is 10.0 Å². The highest BCUT2D eigenvalue weighted by molar-refractivity contribution is 7.92. The van der Waals surface area contributed by atoms with Gasteiger partial charge in [-0.1, -0.05) is 12.1 Å². The topological polar surface area (TPSA) is 108 Å². The Morgan fingerprint density at radius 1 is 1.08 bits per heavy atom. The van der Waals surface area contributed by atoms with Crippen molar-refractivity contribution < 1.29 is 17.9 Å². The number of nitrogens with one attached hydrogen (secondary N) is 1. The van der Waals surface area contributed by atoms with E-state index in [4.69, 9.17) is 9.47 Å². The van der Waals surface area contributed by atoms with Gasteiger partial charge in [0.05, 0.1) is 25.6 Å². The highest BCUT2D eigenvalue weighted by atomic mass is 32.2. The van der Waals surface area contributed by atoms with Crippen LogP contribution in [0.15, 0.2) is 53.7 Å². The molecule has 0 aliphatic heterocycles. The molecule has 0 saturated carbocycles. The third kappa shape index (κ3) is 3.38. The molecule has 3 aromatic rings. The van der Waals surface area contributed by atoms with Gasteiger partial charge in [0.1, 0.15) is 22.7 Å². The number of para-hydroxylation sites is 2. The second-order valence-corrected chi connectivity index (χ2v) is 6.54. The van der Waals surface area contributed by atoms with E-state index in [1.165, 1.54) is 37.4 Å². The molecule has 0 aliphatic rings. The van der Waals surface area contributed by atoms with Crippen LogP contribution in [0.5, 0.6) is 11.5 Å². The van der Waals surface area contributed by atoms with E-state index in [9.17, 15) is 8.42 Å². The fourth-order valence-electron chi connectivity index (χ4n) is 2.23. The Balaban J connectivity index is 2.04. The van der Waals surface area contributed by atoms with Gasteiger partial charge in [0, 0.05) is 6.07 Å². The minimum atomic E-state index is -3.94. The summed E-state index contributed by atoms with van der Waals surface area (Å²) in [5, 5.41) is 10.9. The van der Waals surface area contributed by atoms with Gasteiger partial charge in [-0.2, -0.15) is 4.68 Å². The zero-order valence-electron chi connectivity index (χ0n) is 13.4. The summed E-state index contributed by atoms with van der Waals surface area (Å²) < 4.78 is 39.9. The number of hydrogen-bond donors (Lipinski definition) is 1. The Morgan fingerprint density at radius 2 is 1.88 bits per heavy atom. The molecule has 2 aromatic carbocycles. The zero-order chi connectivity index (χ0) is 17.9. The number of hydrogen-bond acceptors (Lipinski definition) is 7. The first-order valence-electron chi connectivity index (χ1n) is 7.12. The van der Waals surface area contributed by atoms with Crippen LogP contribution in [0.3, 0.4) is 0 Å². The van der Waals surface area contributed by atoms with Crippen molar-refractivity contribution in [3.8, 4) is 17.2 Å². The first-order chi connectivity index (χ1) is 12.0. The number of benzene rings is 2. The van der Waals surface area contributed by atoms with E-state index >= 15 is 0 Å². The first kappa shape index (κ1) is 16.7. The summed E-state index contributed by atoms with van der Waals surface area (Å²) in [4.78, 5) is -0.0409. The van der Waals surface area contributed by atoms with Crippen LogP contribution in [0.25, 0.3) is 5.69 Å².